The molecule has 0 bridgehead atoms. The molecule has 7 heteroatoms. The Bertz CT molecular complexity index is 826. The predicted octanol–water partition coefficient (Wildman–Crippen LogP) is 3.89. The van der Waals surface area contributed by atoms with Crippen molar-refractivity contribution >= 4 is 23.4 Å². The van der Waals surface area contributed by atoms with E-state index in [9.17, 15) is 18.4 Å². The molecule has 1 aliphatic carbocycles. The number of hydrogen-bond acceptors (Lipinski definition) is 3. The maximum atomic E-state index is 13.7. The third-order valence-corrected chi connectivity index (χ3v) is 4.06. The Kier molecular flexibility index (Phi) is 4.65. The van der Waals surface area contributed by atoms with Crippen molar-refractivity contribution < 1.29 is 23.1 Å². The summed E-state index contributed by atoms with van der Waals surface area (Å²) in [4.78, 5) is 23.5. The Morgan fingerprint density at radius 1 is 1.12 bits per heavy atom. The van der Waals surface area contributed by atoms with Gasteiger partial charge in [0, 0.05) is 11.6 Å². The van der Waals surface area contributed by atoms with Crippen molar-refractivity contribution in [1.29, 1.82) is 0 Å². The zero-order valence-corrected chi connectivity index (χ0v) is 13.4. The molecule has 0 heterocycles. The van der Waals surface area contributed by atoms with Gasteiger partial charge in [-0.05, 0) is 48.2 Å². The van der Waals surface area contributed by atoms with E-state index in [-0.39, 0.29) is 29.2 Å². The van der Waals surface area contributed by atoms with E-state index in [1.165, 1.54) is 31.4 Å². The molecule has 25 heavy (non-hydrogen) atoms. The lowest BCUT2D eigenvalue weighted by atomic mass is 10.1. The van der Waals surface area contributed by atoms with Gasteiger partial charge in [0.15, 0.2) is 0 Å². The molecule has 130 valence electrons. The molecule has 1 fully saturated rings. The van der Waals surface area contributed by atoms with Gasteiger partial charge in [-0.15, -0.1) is 0 Å². The Morgan fingerprint density at radius 2 is 1.92 bits per heavy atom. The quantitative estimate of drug-likeness (QED) is 0.883. The van der Waals surface area contributed by atoms with E-state index in [2.05, 4.69) is 15.4 Å². The van der Waals surface area contributed by atoms with Crippen molar-refractivity contribution in [1.82, 2.24) is 0 Å². The minimum Gasteiger partial charge on any atom is -0.453 e. The molecule has 2 aromatic rings. The van der Waals surface area contributed by atoms with Crippen LogP contribution in [0.3, 0.4) is 0 Å². The van der Waals surface area contributed by atoms with Gasteiger partial charge < -0.3 is 10.1 Å². The number of benzene rings is 2. The van der Waals surface area contributed by atoms with E-state index in [4.69, 9.17) is 0 Å². The van der Waals surface area contributed by atoms with Crippen molar-refractivity contribution in [3.63, 3.8) is 0 Å². The lowest BCUT2D eigenvalue weighted by molar-refractivity contribution is -0.117. The Hall–Kier alpha value is -2.96. The van der Waals surface area contributed by atoms with E-state index < -0.39 is 11.9 Å². The summed E-state index contributed by atoms with van der Waals surface area (Å²) in [5, 5.41) is 4.92. The third-order valence-electron chi connectivity index (χ3n) is 4.06. The number of nitrogens with one attached hydrogen (secondary N) is 2. The maximum Gasteiger partial charge on any atom is 0.411 e. The zero-order chi connectivity index (χ0) is 18.0. The number of amides is 2. The van der Waals surface area contributed by atoms with Crippen LogP contribution in [0.1, 0.15) is 17.9 Å². The van der Waals surface area contributed by atoms with E-state index in [1.807, 2.05) is 0 Å². The Labute approximate surface area is 143 Å². The van der Waals surface area contributed by atoms with Gasteiger partial charge in [0.1, 0.15) is 11.6 Å². The molecule has 1 saturated carbocycles. The normalized spacial score (nSPS) is 18.4. The molecule has 0 aliphatic heterocycles. The summed E-state index contributed by atoms with van der Waals surface area (Å²) in [6, 6.07) is 10.0. The first-order chi connectivity index (χ1) is 12.0. The number of methoxy groups -OCH3 is 1. The van der Waals surface area contributed by atoms with Crippen LogP contribution in [0.5, 0.6) is 0 Å². The summed E-state index contributed by atoms with van der Waals surface area (Å²) in [6.45, 7) is 0. The average molecular weight is 346 g/mol. The van der Waals surface area contributed by atoms with Crippen molar-refractivity contribution in [2.24, 2.45) is 5.92 Å². The van der Waals surface area contributed by atoms with Crippen molar-refractivity contribution in [2.75, 3.05) is 17.7 Å². The zero-order valence-electron chi connectivity index (χ0n) is 13.4. The van der Waals surface area contributed by atoms with Crippen molar-refractivity contribution in [2.45, 2.75) is 12.3 Å². The lowest BCUT2D eigenvalue weighted by Crippen LogP contribution is -2.16. The van der Waals surface area contributed by atoms with Crippen LogP contribution in [-0.4, -0.2) is 19.1 Å². The lowest BCUT2D eigenvalue weighted by Gasteiger charge is -2.09. The van der Waals surface area contributed by atoms with Gasteiger partial charge in [-0.1, -0.05) is 12.1 Å². The van der Waals surface area contributed by atoms with Crippen LogP contribution in [0.2, 0.25) is 0 Å². The number of anilines is 2. The molecule has 5 nitrogen and oxygen atoms in total. The summed E-state index contributed by atoms with van der Waals surface area (Å²) >= 11 is 0. The van der Waals surface area contributed by atoms with Crippen LogP contribution in [-0.2, 0) is 9.53 Å². The van der Waals surface area contributed by atoms with Gasteiger partial charge in [0.25, 0.3) is 0 Å². The van der Waals surface area contributed by atoms with Gasteiger partial charge in [-0.25, -0.2) is 13.6 Å². The molecule has 0 radical (unpaired) electrons. The topological polar surface area (TPSA) is 67.4 Å². The summed E-state index contributed by atoms with van der Waals surface area (Å²) in [6.07, 6.45) is -0.181. The summed E-state index contributed by atoms with van der Waals surface area (Å²) in [5.41, 5.74) is 1.04. The number of carbonyl (C=O) groups is 2. The minimum atomic E-state index is -0.810. The van der Waals surface area contributed by atoms with Crippen LogP contribution < -0.4 is 10.6 Å². The van der Waals surface area contributed by atoms with Gasteiger partial charge in [0.05, 0.1) is 12.8 Å². The average Bonchev–Trinajstić information content (AvgIpc) is 3.38. The summed E-state index contributed by atoms with van der Waals surface area (Å²) < 4.78 is 31.4. The van der Waals surface area contributed by atoms with Gasteiger partial charge in [-0.3, -0.25) is 10.1 Å². The first kappa shape index (κ1) is 16.9. The summed E-state index contributed by atoms with van der Waals surface area (Å²) in [7, 11) is 1.17. The van der Waals surface area contributed by atoms with Crippen LogP contribution in [0.15, 0.2) is 42.5 Å². The first-order valence-electron chi connectivity index (χ1n) is 7.69. The Balaban J connectivity index is 1.66. The maximum absolute atomic E-state index is 13.7. The largest absolute Gasteiger partial charge is 0.453 e. The van der Waals surface area contributed by atoms with E-state index >= 15 is 0 Å². The molecule has 2 N–H and O–H groups in total. The van der Waals surface area contributed by atoms with Gasteiger partial charge in [0.2, 0.25) is 5.91 Å². The molecule has 3 rings (SSSR count). The molecule has 0 saturated heterocycles. The molecule has 2 aromatic carbocycles. The second kappa shape index (κ2) is 6.88. The number of halogens is 2. The molecule has 0 aromatic heterocycles. The molecular formula is C18H16F2N2O3. The fourth-order valence-electron chi connectivity index (χ4n) is 2.69. The second-order valence-electron chi connectivity index (χ2n) is 5.80. The highest BCUT2D eigenvalue weighted by atomic mass is 19.1. The highest BCUT2D eigenvalue weighted by Crippen LogP contribution is 2.48. The first-order valence-corrected chi connectivity index (χ1v) is 7.69. The predicted molar refractivity (Wildman–Crippen MR) is 88.3 cm³/mol. The Morgan fingerprint density at radius 3 is 2.64 bits per heavy atom. The summed E-state index contributed by atoms with van der Waals surface area (Å²) in [5.74, 6) is -1.49. The van der Waals surface area contributed by atoms with E-state index in [1.54, 1.807) is 12.1 Å². The number of hydrogen-bond donors (Lipinski definition) is 2. The highest BCUT2D eigenvalue weighted by molar-refractivity contribution is 5.96. The van der Waals surface area contributed by atoms with Crippen LogP contribution >= 0.6 is 0 Å². The van der Waals surface area contributed by atoms with E-state index in [0.29, 0.717) is 12.1 Å². The fraction of sp³-hybridized carbons (Fsp3) is 0.222. The monoisotopic (exact) mass is 346 g/mol. The van der Waals surface area contributed by atoms with E-state index in [0.717, 1.165) is 11.6 Å². The molecule has 0 spiro atoms. The van der Waals surface area contributed by atoms with Gasteiger partial charge >= 0.3 is 6.09 Å². The molecular weight excluding hydrogens is 330 g/mol. The van der Waals surface area contributed by atoms with Crippen molar-refractivity contribution in [3.8, 4) is 0 Å². The van der Waals surface area contributed by atoms with Crippen LogP contribution in [0, 0.1) is 17.6 Å². The molecule has 2 atom stereocenters. The third kappa shape index (κ3) is 3.93. The standard InChI is InChI=1S/C18H16F2N2O3/c1-25-18(24)22-16-8-12(5-6-15(16)20)21-17(23)14-9-13(14)10-3-2-4-11(19)7-10/h2-8,13-14H,9H2,1H3,(H,21,23)(H,22,24)/t13-,14-/m0/s1. The number of carbonyl (C=O) groups excluding carboxylic acids is 2. The molecule has 1 aliphatic rings. The van der Waals surface area contributed by atoms with Crippen LogP contribution in [0.25, 0.3) is 0 Å². The molecule has 0 unspecified atom stereocenters. The fourth-order valence-corrected chi connectivity index (χ4v) is 2.69. The second-order valence-corrected chi connectivity index (χ2v) is 5.80. The number of ether oxygens (including phenoxy) is 1. The molecule has 2 amide bonds. The smallest absolute Gasteiger partial charge is 0.411 e. The SMILES string of the molecule is COC(=O)Nc1cc(NC(=O)[C@H]2C[C@H]2c2cccc(F)c2)ccc1F. The number of rotatable bonds is 4. The van der Waals surface area contributed by atoms with Crippen LogP contribution in [0.4, 0.5) is 25.0 Å². The van der Waals surface area contributed by atoms with Gasteiger partial charge in [-0.2, -0.15) is 0 Å². The van der Waals surface area contributed by atoms with Crippen molar-refractivity contribution in [3.05, 3.63) is 59.7 Å². The highest BCUT2D eigenvalue weighted by Gasteiger charge is 2.44. The minimum absolute atomic E-state index is 0.0242.